The predicted molar refractivity (Wildman–Crippen MR) is 70.6 cm³/mol. The SMILES string of the molecule is CN1CCCC[C@H]1CCn1cccc(C(F)(F)F)c1=O. The maximum atomic E-state index is 12.7. The van der Waals surface area contributed by atoms with Crippen molar-refractivity contribution >= 4 is 0 Å². The smallest absolute Gasteiger partial charge is 0.315 e. The van der Waals surface area contributed by atoms with Crippen molar-refractivity contribution in [3.63, 3.8) is 0 Å². The van der Waals surface area contributed by atoms with Gasteiger partial charge in [-0.15, -0.1) is 0 Å². The first-order chi connectivity index (χ1) is 9.39. The molecule has 1 aromatic heterocycles. The Labute approximate surface area is 116 Å². The highest BCUT2D eigenvalue weighted by atomic mass is 19.4. The number of hydrogen-bond acceptors (Lipinski definition) is 2. The molecule has 3 nitrogen and oxygen atoms in total. The molecule has 0 unspecified atom stereocenters. The van der Waals surface area contributed by atoms with Crippen molar-refractivity contribution in [2.24, 2.45) is 0 Å². The second kappa shape index (κ2) is 5.99. The van der Waals surface area contributed by atoms with Crippen LogP contribution in [0.15, 0.2) is 23.1 Å². The average Bonchev–Trinajstić information content (AvgIpc) is 2.38. The van der Waals surface area contributed by atoms with Gasteiger partial charge >= 0.3 is 6.18 Å². The number of pyridine rings is 1. The van der Waals surface area contributed by atoms with Crippen LogP contribution in [0.2, 0.25) is 0 Å². The zero-order chi connectivity index (χ0) is 14.8. The molecule has 1 aliphatic heterocycles. The van der Waals surface area contributed by atoms with Crippen molar-refractivity contribution in [3.8, 4) is 0 Å². The molecule has 0 amide bonds. The molecule has 0 N–H and O–H groups in total. The zero-order valence-corrected chi connectivity index (χ0v) is 11.5. The van der Waals surface area contributed by atoms with Crippen molar-refractivity contribution in [2.45, 2.75) is 44.4 Å². The van der Waals surface area contributed by atoms with Gasteiger partial charge in [-0.25, -0.2) is 0 Å². The van der Waals surface area contributed by atoms with Crippen LogP contribution < -0.4 is 5.56 Å². The Morgan fingerprint density at radius 3 is 2.75 bits per heavy atom. The van der Waals surface area contributed by atoms with Crippen LogP contribution in [-0.4, -0.2) is 29.1 Å². The largest absolute Gasteiger partial charge is 0.421 e. The summed E-state index contributed by atoms with van der Waals surface area (Å²) in [5.41, 5.74) is -2.03. The lowest BCUT2D eigenvalue weighted by atomic mass is 10.00. The minimum atomic E-state index is -4.58. The fraction of sp³-hybridized carbons (Fsp3) is 0.643. The minimum Gasteiger partial charge on any atom is -0.315 e. The zero-order valence-electron chi connectivity index (χ0n) is 11.5. The lowest BCUT2D eigenvalue weighted by Crippen LogP contribution is -2.38. The molecule has 20 heavy (non-hydrogen) atoms. The van der Waals surface area contributed by atoms with Gasteiger partial charge in [0.05, 0.1) is 0 Å². The van der Waals surface area contributed by atoms with Crippen LogP contribution in [0.25, 0.3) is 0 Å². The molecule has 6 heteroatoms. The summed E-state index contributed by atoms with van der Waals surface area (Å²) in [6.07, 6.45) is 0.910. The summed E-state index contributed by atoms with van der Waals surface area (Å²) in [6, 6.07) is 2.48. The summed E-state index contributed by atoms with van der Waals surface area (Å²) in [7, 11) is 2.03. The molecule has 1 fully saturated rings. The van der Waals surface area contributed by atoms with E-state index in [1.54, 1.807) is 0 Å². The van der Waals surface area contributed by atoms with Crippen LogP contribution >= 0.6 is 0 Å². The standard InChI is InChI=1S/C14H19F3N2O/c1-18-8-3-2-5-11(18)7-10-19-9-4-6-12(13(19)20)14(15,16)17/h4,6,9,11H,2-3,5,7-8,10H2,1H3/t11-/m0/s1. The van der Waals surface area contributed by atoms with Gasteiger partial charge in [0.2, 0.25) is 0 Å². The Bertz CT molecular complexity index is 510. The number of likely N-dealkylation sites (tertiary alicyclic amines) is 1. The van der Waals surface area contributed by atoms with E-state index in [0.717, 1.165) is 31.9 Å². The topological polar surface area (TPSA) is 25.2 Å². The molecule has 1 atom stereocenters. The number of piperidine rings is 1. The van der Waals surface area contributed by atoms with Gasteiger partial charge in [0.1, 0.15) is 5.56 Å². The fourth-order valence-corrected chi connectivity index (χ4v) is 2.73. The van der Waals surface area contributed by atoms with Crippen molar-refractivity contribution in [2.75, 3.05) is 13.6 Å². The summed E-state index contributed by atoms with van der Waals surface area (Å²) in [5.74, 6) is 0. The van der Waals surface area contributed by atoms with Crippen LogP contribution in [0, 0.1) is 0 Å². The first-order valence-electron chi connectivity index (χ1n) is 6.86. The van der Waals surface area contributed by atoms with Crippen molar-refractivity contribution in [1.29, 1.82) is 0 Å². The molecule has 2 rings (SSSR count). The van der Waals surface area contributed by atoms with Crippen LogP contribution in [0.1, 0.15) is 31.2 Å². The highest BCUT2D eigenvalue weighted by Crippen LogP contribution is 2.26. The summed E-state index contributed by atoms with van der Waals surface area (Å²) in [5, 5.41) is 0. The molecule has 0 saturated carbocycles. The highest BCUT2D eigenvalue weighted by Gasteiger charge is 2.34. The monoisotopic (exact) mass is 288 g/mol. The molecule has 1 aromatic rings. The molecule has 0 bridgehead atoms. The van der Waals surface area contributed by atoms with E-state index >= 15 is 0 Å². The lowest BCUT2D eigenvalue weighted by Gasteiger charge is -2.32. The number of alkyl halides is 3. The van der Waals surface area contributed by atoms with E-state index in [1.165, 1.54) is 16.8 Å². The van der Waals surface area contributed by atoms with Crippen LogP contribution in [-0.2, 0) is 12.7 Å². The predicted octanol–water partition coefficient (Wildman–Crippen LogP) is 2.74. The Morgan fingerprint density at radius 1 is 1.35 bits per heavy atom. The van der Waals surface area contributed by atoms with Crippen molar-refractivity contribution < 1.29 is 13.2 Å². The Morgan fingerprint density at radius 2 is 2.10 bits per heavy atom. The first kappa shape index (κ1) is 15.1. The van der Waals surface area contributed by atoms with Crippen LogP contribution in [0.5, 0.6) is 0 Å². The molecule has 0 aliphatic carbocycles. The number of nitrogens with zero attached hydrogens (tertiary/aromatic N) is 2. The molecule has 1 saturated heterocycles. The molecule has 2 heterocycles. The molecular formula is C14H19F3N2O. The Hall–Kier alpha value is -1.30. The molecule has 0 aromatic carbocycles. The Kier molecular flexibility index (Phi) is 4.52. The van der Waals surface area contributed by atoms with Gasteiger partial charge in [0.15, 0.2) is 0 Å². The minimum absolute atomic E-state index is 0.331. The number of hydrogen-bond donors (Lipinski definition) is 0. The van der Waals surface area contributed by atoms with Crippen molar-refractivity contribution in [3.05, 3.63) is 34.2 Å². The maximum absolute atomic E-state index is 12.7. The number of rotatable bonds is 3. The van der Waals surface area contributed by atoms with E-state index in [-0.39, 0.29) is 0 Å². The summed E-state index contributed by atoms with van der Waals surface area (Å²) in [6.45, 7) is 1.35. The third kappa shape index (κ3) is 3.42. The average molecular weight is 288 g/mol. The highest BCUT2D eigenvalue weighted by molar-refractivity contribution is 5.13. The Balaban J connectivity index is 2.08. The van der Waals surface area contributed by atoms with Crippen molar-refractivity contribution in [1.82, 2.24) is 9.47 Å². The summed E-state index contributed by atoms with van der Waals surface area (Å²) >= 11 is 0. The first-order valence-corrected chi connectivity index (χ1v) is 6.86. The van der Waals surface area contributed by atoms with Gasteiger partial charge in [0.25, 0.3) is 5.56 Å². The molecule has 0 radical (unpaired) electrons. The van der Waals surface area contributed by atoms with Crippen LogP contribution in [0.3, 0.4) is 0 Å². The van der Waals surface area contributed by atoms with E-state index in [9.17, 15) is 18.0 Å². The molecule has 0 spiro atoms. The molecule has 112 valence electrons. The van der Waals surface area contributed by atoms with Gasteiger partial charge in [-0.1, -0.05) is 6.42 Å². The maximum Gasteiger partial charge on any atom is 0.421 e. The number of aryl methyl sites for hydroxylation is 1. The summed E-state index contributed by atoms with van der Waals surface area (Å²) < 4.78 is 39.2. The fourth-order valence-electron chi connectivity index (χ4n) is 2.73. The van der Waals surface area contributed by atoms with E-state index in [2.05, 4.69) is 4.90 Å². The van der Waals surface area contributed by atoms with Gasteiger partial charge in [-0.2, -0.15) is 13.2 Å². The van der Waals surface area contributed by atoms with Gasteiger partial charge in [-0.05, 0) is 45.0 Å². The second-order valence-electron chi connectivity index (χ2n) is 5.34. The van der Waals surface area contributed by atoms with E-state index < -0.39 is 17.3 Å². The van der Waals surface area contributed by atoms with Gasteiger partial charge in [-0.3, -0.25) is 4.79 Å². The molecule has 1 aliphatic rings. The number of aromatic nitrogens is 1. The van der Waals surface area contributed by atoms with Crippen LogP contribution in [0.4, 0.5) is 13.2 Å². The third-order valence-electron chi connectivity index (χ3n) is 3.95. The third-order valence-corrected chi connectivity index (χ3v) is 3.95. The quantitative estimate of drug-likeness (QED) is 0.854. The lowest BCUT2D eigenvalue weighted by molar-refractivity contribution is -0.139. The summed E-state index contributed by atoms with van der Waals surface area (Å²) in [4.78, 5) is 14.0. The van der Waals surface area contributed by atoms with Gasteiger partial charge < -0.3 is 9.47 Å². The normalized spacial score (nSPS) is 21.1. The van der Waals surface area contributed by atoms with E-state index in [4.69, 9.17) is 0 Å². The van der Waals surface area contributed by atoms with E-state index in [1.807, 2.05) is 7.05 Å². The van der Waals surface area contributed by atoms with Gasteiger partial charge in [0, 0.05) is 18.8 Å². The molecular weight excluding hydrogens is 269 g/mol. The second-order valence-corrected chi connectivity index (χ2v) is 5.34. The number of halogens is 3. The van der Waals surface area contributed by atoms with E-state index in [0.29, 0.717) is 19.0 Å².